The lowest BCUT2D eigenvalue weighted by Gasteiger charge is -2.31. The third kappa shape index (κ3) is 7.64. The molecule has 5 aromatic carbocycles. The van der Waals surface area contributed by atoms with Gasteiger partial charge in [0.05, 0.1) is 38.5 Å². The van der Waals surface area contributed by atoms with Gasteiger partial charge in [-0.3, -0.25) is 19.3 Å². The molecule has 0 aliphatic carbocycles. The molecular formula is C39H33N3O6S2. The highest BCUT2D eigenvalue weighted by Crippen LogP contribution is 2.48. The number of thioether (sulfide) groups is 1. The van der Waals surface area contributed by atoms with Crippen LogP contribution in [0.2, 0.25) is 0 Å². The lowest BCUT2D eigenvalue weighted by molar-refractivity contribution is -0.115. The standard InChI is InChI=1S/C39H33N3O6S2/c1-46-32-23-34(48-3)33(47-2)21-26(32)20-29(41-38(44)25-12-5-4-6-13-25)39(45)40-27-14-11-15-28(22-27)49-24-37(43)42-30-16-7-9-18-35(30)50-36-19-10-8-17-31(36)42/h4-23H,24H2,1-3H3,(H,40,45)(H,41,44)/b29-20-. The van der Waals surface area contributed by atoms with Gasteiger partial charge in [-0.15, -0.1) is 11.8 Å². The monoisotopic (exact) mass is 703 g/mol. The van der Waals surface area contributed by atoms with Gasteiger partial charge in [-0.05, 0) is 66.7 Å². The van der Waals surface area contributed by atoms with Gasteiger partial charge >= 0.3 is 0 Å². The number of nitrogens with zero attached hydrogens (tertiary/aromatic N) is 1. The van der Waals surface area contributed by atoms with Crippen LogP contribution in [0, 0.1) is 0 Å². The molecule has 1 aliphatic rings. The number of methoxy groups -OCH3 is 3. The van der Waals surface area contributed by atoms with E-state index in [0.29, 0.717) is 34.1 Å². The van der Waals surface area contributed by atoms with Gasteiger partial charge in [0.15, 0.2) is 11.5 Å². The molecule has 0 unspecified atom stereocenters. The summed E-state index contributed by atoms with van der Waals surface area (Å²) in [5.41, 5.74) is 3.02. The zero-order valence-corrected chi connectivity index (χ0v) is 29.1. The van der Waals surface area contributed by atoms with Gasteiger partial charge in [0.25, 0.3) is 11.8 Å². The Balaban J connectivity index is 1.23. The number of carbonyl (C=O) groups excluding carboxylic acids is 3. The summed E-state index contributed by atoms with van der Waals surface area (Å²) < 4.78 is 16.4. The molecule has 5 aromatic rings. The molecular weight excluding hydrogens is 671 g/mol. The average molecular weight is 704 g/mol. The van der Waals surface area contributed by atoms with Crippen LogP contribution in [0.1, 0.15) is 15.9 Å². The van der Waals surface area contributed by atoms with Gasteiger partial charge in [-0.2, -0.15) is 0 Å². The number of anilines is 3. The molecule has 0 aromatic heterocycles. The summed E-state index contributed by atoms with van der Waals surface area (Å²) in [6.45, 7) is 0. The highest BCUT2D eigenvalue weighted by molar-refractivity contribution is 8.00. The predicted molar refractivity (Wildman–Crippen MR) is 198 cm³/mol. The fraction of sp³-hybridized carbons (Fsp3) is 0.103. The van der Waals surface area contributed by atoms with Crippen molar-refractivity contribution in [1.82, 2.24) is 5.32 Å². The van der Waals surface area contributed by atoms with Crippen LogP contribution in [-0.2, 0) is 9.59 Å². The summed E-state index contributed by atoms with van der Waals surface area (Å²) >= 11 is 3.01. The Morgan fingerprint density at radius 3 is 2.00 bits per heavy atom. The fourth-order valence-electron chi connectivity index (χ4n) is 5.31. The first kappa shape index (κ1) is 34.2. The maximum atomic E-state index is 13.8. The van der Waals surface area contributed by atoms with Crippen LogP contribution in [0.3, 0.4) is 0 Å². The van der Waals surface area contributed by atoms with Crippen molar-refractivity contribution in [3.63, 3.8) is 0 Å². The van der Waals surface area contributed by atoms with Crippen molar-refractivity contribution >= 4 is 64.4 Å². The number of hydrogen-bond acceptors (Lipinski definition) is 8. The second kappa shape index (κ2) is 15.7. The van der Waals surface area contributed by atoms with Crippen LogP contribution in [0.15, 0.2) is 136 Å². The molecule has 2 N–H and O–H groups in total. The van der Waals surface area contributed by atoms with E-state index in [1.54, 1.807) is 77.3 Å². The van der Waals surface area contributed by atoms with Gasteiger partial charge in [0.2, 0.25) is 5.91 Å². The largest absolute Gasteiger partial charge is 0.496 e. The number of ether oxygens (including phenoxy) is 3. The number of carbonyl (C=O) groups is 3. The van der Waals surface area contributed by atoms with Crippen molar-refractivity contribution in [2.75, 3.05) is 37.3 Å². The lowest BCUT2D eigenvalue weighted by Crippen LogP contribution is -2.30. The minimum absolute atomic E-state index is 0.0297. The SMILES string of the molecule is COc1cc(OC)c(OC)cc1/C=C(\NC(=O)c1ccccc1)C(=O)Nc1cccc(SCC(=O)N2c3ccccc3Sc3ccccc32)c1. The Morgan fingerprint density at radius 1 is 0.720 bits per heavy atom. The van der Waals surface area contributed by atoms with Crippen molar-refractivity contribution in [3.05, 3.63) is 132 Å². The number of amides is 3. The van der Waals surface area contributed by atoms with Crippen molar-refractivity contribution in [2.45, 2.75) is 14.7 Å². The van der Waals surface area contributed by atoms with E-state index in [9.17, 15) is 14.4 Å². The molecule has 0 bridgehead atoms. The Kier molecular flexibility index (Phi) is 10.8. The van der Waals surface area contributed by atoms with E-state index in [2.05, 4.69) is 10.6 Å². The quantitative estimate of drug-likeness (QED) is 0.105. The summed E-state index contributed by atoms with van der Waals surface area (Å²) in [6, 6.07) is 34.8. The predicted octanol–water partition coefficient (Wildman–Crippen LogP) is 8.04. The van der Waals surface area contributed by atoms with Crippen molar-refractivity contribution in [3.8, 4) is 17.2 Å². The molecule has 9 nitrogen and oxygen atoms in total. The Bertz CT molecular complexity index is 2040. The number of nitrogens with one attached hydrogen (secondary N) is 2. The molecule has 0 radical (unpaired) electrons. The molecule has 1 aliphatic heterocycles. The number of para-hydroxylation sites is 2. The molecule has 0 fully saturated rings. The van der Waals surface area contributed by atoms with Gasteiger partial charge < -0.3 is 24.8 Å². The second-order valence-corrected chi connectivity index (χ2v) is 13.0. The van der Waals surface area contributed by atoms with Gasteiger partial charge in [-0.25, -0.2) is 0 Å². The number of benzene rings is 5. The van der Waals surface area contributed by atoms with Gasteiger partial charge in [0.1, 0.15) is 11.4 Å². The van der Waals surface area contributed by atoms with E-state index in [-0.39, 0.29) is 17.4 Å². The molecule has 50 heavy (non-hydrogen) atoms. The summed E-state index contributed by atoms with van der Waals surface area (Å²) in [5, 5.41) is 5.65. The highest BCUT2D eigenvalue weighted by Gasteiger charge is 2.28. The third-order valence-corrected chi connectivity index (χ3v) is 9.81. The van der Waals surface area contributed by atoms with Crippen LogP contribution >= 0.6 is 23.5 Å². The van der Waals surface area contributed by atoms with Crippen LogP contribution in [0.5, 0.6) is 17.2 Å². The summed E-state index contributed by atoms with van der Waals surface area (Å²) in [7, 11) is 4.51. The maximum absolute atomic E-state index is 13.8. The average Bonchev–Trinajstić information content (AvgIpc) is 3.15. The van der Waals surface area contributed by atoms with E-state index >= 15 is 0 Å². The molecule has 6 rings (SSSR count). The van der Waals surface area contributed by atoms with Crippen molar-refractivity contribution < 1.29 is 28.6 Å². The molecule has 0 atom stereocenters. The molecule has 0 saturated heterocycles. The van der Waals surface area contributed by atoms with Gasteiger partial charge in [-0.1, -0.05) is 60.3 Å². The van der Waals surface area contributed by atoms with Crippen LogP contribution in [-0.4, -0.2) is 44.8 Å². The van der Waals surface area contributed by atoms with Crippen molar-refractivity contribution in [2.24, 2.45) is 0 Å². The second-order valence-electron chi connectivity index (χ2n) is 10.9. The number of fused-ring (bicyclic) bond motifs is 2. The van der Waals surface area contributed by atoms with Crippen LogP contribution < -0.4 is 29.7 Å². The molecule has 1 heterocycles. The summed E-state index contributed by atoms with van der Waals surface area (Å²) in [6.07, 6.45) is 1.51. The minimum Gasteiger partial charge on any atom is -0.496 e. The smallest absolute Gasteiger partial charge is 0.272 e. The zero-order chi connectivity index (χ0) is 35.0. The van der Waals surface area contributed by atoms with Crippen LogP contribution in [0.4, 0.5) is 17.1 Å². The number of hydrogen-bond donors (Lipinski definition) is 2. The molecule has 252 valence electrons. The van der Waals surface area contributed by atoms with E-state index in [4.69, 9.17) is 14.2 Å². The highest BCUT2D eigenvalue weighted by atomic mass is 32.2. The lowest BCUT2D eigenvalue weighted by atomic mass is 10.1. The third-order valence-electron chi connectivity index (χ3n) is 7.70. The van der Waals surface area contributed by atoms with E-state index in [1.165, 1.54) is 39.2 Å². The normalized spacial score (nSPS) is 11.9. The molecule has 3 amide bonds. The molecule has 11 heteroatoms. The van der Waals surface area contributed by atoms with Crippen LogP contribution in [0.25, 0.3) is 6.08 Å². The van der Waals surface area contributed by atoms with E-state index in [0.717, 1.165) is 26.1 Å². The number of rotatable bonds is 11. The summed E-state index contributed by atoms with van der Waals surface area (Å²) in [5.74, 6) is 0.341. The Morgan fingerprint density at radius 2 is 1.34 bits per heavy atom. The zero-order valence-electron chi connectivity index (χ0n) is 27.5. The maximum Gasteiger partial charge on any atom is 0.272 e. The van der Waals surface area contributed by atoms with Gasteiger partial charge in [0, 0.05) is 37.6 Å². The molecule has 0 saturated carbocycles. The van der Waals surface area contributed by atoms with E-state index < -0.39 is 11.8 Å². The first-order valence-corrected chi connectivity index (χ1v) is 17.3. The topological polar surface area (TPSA) is 106 Å². The first-order valence-electron chi connectivity index (χ1n) is 15.5. The Hall–Kier alpha value is -5.65. The summed E-state index contributed by atoms with van der Waals surface area (Å²) in [4.78, 5) is 45.4. The first-order chi connectivity index (χ1) is 24.4. The minimum atomic E-state index is -0.566. The fourth-order valence-corrected chi connectivity index (χ4v) is 7.17. The Labute approximate surface area is 298 Å². The van der Waals surface area contributed by atoms with Crippen molar-refractivity contribution in [1.29, 1.82) is 0 Å². The molecule has 0 spiro atoms. The van der Waals surface area contributed by atoms with E-state index in [1.807, 2.05) is 54.6 Å².